The summed E-state index contributed by atoms with van der Waals surface area (Å²) >= 11 is 13.7. The van der Waals surface area contributed by atoms with Crippen molar-refractivity contribution in [1.29, 1.82) is 5.26 Å². The van der Waals surface area contributed by atoms with Gasteiger partial charge in [-0.25, -0.2) is 4.98 Å². The van der Waals surface area contributed by atoms with E-state index in [4.69, 9.17) is 23.2 Å². The molecule has 0 aliphatic carbocycles. The summed E-state index contributed by atoms with van der Waals surface area (Å²) in [6, 6.07) is 5.34. The van der Waals surface area contributed by atoms with Crippen LogP contribution in [-0.2, 0) is 0 Å². The number of rotatable bonds is 3. The molecule has 0 fully saturated rings. The van der Waals surface area contributed by atoms with Crippen LogP contribution in [0, 0.1) is 17.2 Å². The van der Waals surface area contributed by atoms with Crippen LogP contribution in [0.25, 0.3) is 10.9 Å². The first-order chi connectivity index (χ1) is 9.92. The molecule has 0 atom stereocenters. The lowest BCUT2D eigenvalue weighted by atomic mass is 9.96. The lowest BCUT2D eigenvalue weighted by Crippen LogP contribution is -2.13. The van der Waals surface area contributed by atoms with Gasteiger partial charge in [0.05, 0.1) is 26.7 Å². The Morgan fingerprint density at radius 2 is 1.95 bits per heavy atom. The molecule has 1 heterocycles. The number of carbonyl (C=O) groups excluding carboxylic acids is 1. The van der Waals surface area contributed by atoms with Crippen LogP contribution in [-0.4, -0.2) is 17.0 Å². The maximum absolute atomic E-state index is 12.5. The van der Waals surface area contributed by atoms with Crippen molar-refractivity contribution in [3.05, 3.63) is 33.3 Å². The molecule has 0 unspecified atom stereocenters. The number of aromatic nitrogens is 1. The Morgan fingerprint density at radius 3 is 2.48 bits per heavy atom. The van der Waals surface area contributed by atoms with E-state index in [2.05, 4.69) is 11.1 Å². The molecule has 1 aromatic heterocycles. The SMILES string of the molecule is CSc1nc2c(Cl)ccc(Cl)c2c(C#N)c1C(=O)C(C)C. The van der Waals surface area contributed by atoms with E-state index >= 15 is 0 Å². The average molecular weight is 339 g/mol. The van der Waals surface area contributed by atoms with Gasteiger partial charge in [-0.05, 0) is 18.4 Å². The number of fused-ring (bicyclic) bond motifs is 1. The first-order valence-electron chi connectivity index (χ1n) is 6.22. The van der Waals surface area contributed by atoms with Crippen molar-refractivity contribution < 1.29 is 4.79 Å². The van der Waals surface area contributed by atoms with Gasteiger partial charge in [-0.3, -0.25) is 4.79 Å². The highest BCUT2D eigenvalue weighted by Crippen LogP contribution is 2.36. The average Bonchev–Trinajstić information content (AvgIpc) is 2.48. The van der Waals surface area contributed by atoms with Crippen molar-refractivity contribution >= 4 is 51.6 Å². The van der Waals surface area contributed by atoms with Gasteiger partial charge in [-0.1, -0.05) is 37.0 Å². The predicted molar refractivity (Wildman–Crippen MR) is 87.4 cm³/mol. The number of nitriles is 1. The van der Waals surface area contributed by atoms with Crippen LogP contribution in [0.15, 0.2) is 17.2 Å². The van der Waals surface area contributed by atoms with Gasteiger partial charge >= 0.3 is 0 Å². The van der Waals surface area contributed by atoms with Gasteiger partial charge in [0.15, 0.2) is 5.78 Å². The number of carbonyl (C=O) groups is 1. The van der Waals surface area contributed by atoms with Crippen LogP contribution in [0.2, 0.25) is 10.0 Å². The topological polar surface area (TPSA) is 53.8 Å². The summed E-state index contributed by atoms with van der Waals surface area (Å²) in [5.41, 5.74) is 1.03. The van der Waals surface area contributed by atoms with Crippen LogP contribution in [0.3, 0.4) is 0 Å². The van der Waals surface area contributed by atoms with E-state index in [-0.39, 0.29) is 17.3 Å². The van der Waals surface area contributed by atoms with E-state index < -0.39 is 0 Å². The molecule has 0 radical (unpaired) electrons. The number of ketones is 1. The van der Waals surface area contributed by atoms with Crippen molar-refractivity contribution in [2.75, 3.05) is 6.26 Å². The molecule has 0 aliphatic rings. The molecule has 0 saturated heterocycles. The van der Waals surface area contributed by atoms with E-state index in [0.29, 0.717) is 31.5 Å². The van der Waals surface area contributed by atoms with Crippen molar-refractivity contribution in [2.24, 2.45) is 5.92 Å². The van der Waals surface area contributed by atoms with Crippen LogP contribution in [0.4, 0.5) is 0 Å². The summed E-state index contributed by atoms with van der Waals surface area (Å²) in [7, 11) is 0. The second kappa shape index (κ2) is 6.23. The molecule has 6 heteroatoms. The highest BCUT2D eigenvalue weighted by Gasteiger charge is 2.24. The van der Waals surface area contributed by atoms with E-state index in [1.165, 1.54) is 11.8 Å². The fraction of sp³-hybridized carbons (Fsp3) is 0.267. The van der Waals surface area contributed by atoms with Crippen LogP contribution >= 0.6 is 35.0 Å². The summed E-state index contributed by atoms with van der Waals surface area (Å²) < 4.78 is 0. The number of hydrogen-bond donors (Lipinski definition) is 0. The Bertz CT molecular complexity index is 782. The first-order valence-corrected chi connectivity index (χ1v) is 8.20. The Balaban J connectivity index is 3.02. The lowest BCUT2D eigenvalue weighted by Gasteiger charge is -2.14. The molecule has 21 heavy (non-hydrogen) atoms. The van der Waals surface area contributed by atoms with Crippen molar-refractivity contribution in [1.82, 2.24) is 4.98 Å². The predicted octanol–water partition coefficient (Wildman–Crippen LogP) is 4.97. The quantitative estimate of drug-likeness (QED) is 0.585. The molecule has 108 valence electrons. The van der Waals surface area contributed by atoms with Crippen molar-refractivity contribution in [2.45, 2.75) is 18.9 Å². The van der Waals surface area contributed by atoms with Crippen LogP contribution < -0.4 is 0 Å². The fourth-order valence-electron chi connectivity index (χ4n) is 2.05. The van der Waals surface area contributed by atoms with E-state index in [1.54, 1.807) is 26.0 Å². The highest BCUT2D eigenvalue weighted by atomic mass is 35.5. The number of nitrogens with zero attached hydrogens (tertiary/aromatic N) is 2. The van der Waals surface area contributed by atoms with Gasteiger partial charge in [0.25, 0.3) is 0 Å². The lowest BCUT2D eigenvalue weighted by molar-refractivity contribution is 0.0935. The number of benzene rings is 1. The summed E-state index contributed by atoms with van der Waals surface area (Å²) in [5, 5.41) is 11.3. The van der Waals surface area contributed by atoms with E-state index in [1.807, 2.05) is 6.26 Å². The second-order valence-electron chi connectivity index (χ2n) is 4.75. The van der Waals surface area contributed by atoms with E-state index in [0.717, 1.165) is 0 Å². The Hall–Kier alpha value is -1.28. The summed E-state index contributed by atoms with van der Waals surface area (Å²) in [6.45, 7) is 3.58. The normalized spacial score (nSPS) is 10.9. The summed E-state index contributed by atoms with van der Waals surface area (Å²) in [4.78, 5) is 16.9. The van der Waals surface area contributed by atoms with Gasteiger partial charge in [-0.2, -0.15) is 5.26 Å². The molecular weight excluding hydrogens is 327 g/mol. The molecule has 0 saturated carbocycles. The number of Topliss-reactive ketones (excluding diaryl/α,β-unsaturated/α-hetero) is 1. The van der Waals surface area contributed by atoms with Gasteiger partial charge < -0.3 is 0 Å². The molecule has 2 rings (SSSR count). The molecule has 0 amide bonds. The number of halogens is 2. The zero-order valence-electron chi connectivity index (χ0n) is 11.7. The molecule has 0 N–H and O–H groups in total. The smallest absolute Gasteiger partial charge is 0.169 e. The minimum Gasteiger partial charge on any atom is -0.294 e. The Kier molecular flexibility index (Phi) is 4.77. The zero-order chi connectivity index (χ0) is 15.7. The van der Waals surface area contributed by atoms with Crippen molar-refractivity contribution in [3.63, 3.8) is 0 Å². The van der Waals surface area contributed by atoms with Gasteiger partial charge in [0.1, 0.15) is 11.1 Å². The summed E-state index contributed by atoms with van der Waals surface area (Å²) in [5.74, 6) is -0.360. The standard InChI is InChI=1S/C15H12Cl2N2OS/c1-7(2)14(20)12-8(6-18)11-9(16)4-5-10(17)13(11)19-15(12)21-3/h4-5,7H,1-3H3. The van der Waals surface area contributed by atoms with Crippen molar-refractivity contribution in [3.8, 4) is 6.07 Å². The largest absolute Gasteiger partial charge is 0.294 e. The third-order valence-electron chi connectivity index (χ3n) is 3.08. The maximum Gasteiger partial charge on any atom is 0.169 e. The Labute approximate surface area is 137 Å². The third kappa shape index (κ3) is 2.74. The zero-order valence-corrected chi connectivity index (χ0v) is 14.0. The number of hydrogen-bond acceptors (Lipinski definition) is 4. The molecule has 3 nitrogen and oxygen atoms in total. The van der Waals surface area contributed by atoms with E-state index in [9.17, 15) is 10.1 Å². The minimum absolute atomic E-state index is 0.124. The molecular formula is C15H12Cl2N2OS. The van der Waals surface area contributed by atoms with Gasteiger partial charge in [0, 0.05) is 11.3 Å². The molecule has 2 aromatic rings. The Morgan fingerprint density at radius 1 is 1.33 bits per heavy atom. The number of thioether (sulfide) groups is 1. The molecule has 0 spiro atoms. The first kappa shape index (κ1) is 16.1. The van der Waals surface area contributed by atoms with Crippen LogP contribution in [0.5, 0.6) is 0 Å². The molecule has 0 bridgehead atoms. The van der Waals surface area contributed by atoms with Crippen LogP contribution in [0.1, 0.15) is 29.8 Å². The van der Waals surface area contributed by atoms with Gasteiger partial charge in [0.2, 0.25) is 0 Å². The summed E-state index contributed by atoms with van der Waals surface area (Å²) in [6.07, 6.45) is 1.81. The maximum atomic E-state index is 12.5. The monoisotopic (exact) mass is 338 g/mol. The van der Waals surface area contributed by atoms with Gasteiger partial charge in [-0.15, -0.1) is 11.8 Å². The fourth-order valence-corrected chi connectivity index (χ4v) is 3.09. The number of pyridine rings is 1. The second-order valence-corrected chi connectivity index (χ2v) is 6.36. The third-order valence-corrected chi connectivity index (χ3v) is 4.38. The molecule has 1 aromatic carbocycles. The molecule has 0 aliphatic heterocycles. The minimum atomic E-state index is -0.236. The highest BCUT2D eigenvalue weighted by molar-refractivity contribution is 7.98.